The zero-order valence-corrected chi connectivity index (χ0v) is 12.6. The van der Waals surface area contributed by atoms with Gasteiger partial charge in [-0.05, 0) is 12.1 Å². The zero-order chi connectivity index (χ0) is 17.4. The smallest absolute Gasteiger partial charge is 0.477 e. The Kier molecular flexibility index (Phi) is 22.1. The van der Waals surface area contributed by atoms with Gasteiger partial charge in [0.25, 0.3) is 0 Å². The summed E-state index contributed by atoms with van der Waals surface area (Å²) in [5, 5.41) is 52.6. The Morgan fingerprint density at radius 2 is 1.23 bits per heavy atom. The van der Waals surface area contributed by atoms with Gasteiger partial charge >= 0.3 is 25.8 Å². The third kappa shape index (κ3) is 54.0. The van der Waals surface area contributed by atoms with Crippen molar-refractivity contribution >= 4 is 25.8 Å². The number of carboxylic acid groups (broad SMARTS) is 1. The standard InChI is InChI=1S/C6H5NO2.Ga.3NO3/c8-6(9)5-3-1-2-4-7-5;;3*2-1(3)4/h1-4H,(H,8,9);;;;/q;+3;3*-1. The van der Waals surface area contributed by atoms with Crippen LogP contribution in [0.15, 0.2) is 24.4 Å². The predicted octanol–water partition coefficient (Wildman–Crippen LogP) is -0.318. The second-order valence-electron chi connectivity index (χ2n) is 2.19. The van der Waals surface area contributed by atoms with Gasteiger partial charge in [0, 0.05) is 6.20 Å². The van der Waals surface area contributed by atoms with Gasteiger partial charge in [-0.2, -0.15) is 0 Å². The van der Waals surface area contributed by atoms with Crippen LogP contribution in [0.3, 0.4) is 0 Å². The molecule has 0 aliphatic rings. The van der Waals surface area contributed by atoms with Crippen LogP contribution in [0.1, 0.15) is 10.5 Å². The molecule has 1 rings (SSSR count). The second kappa shape index (κ2) is 17.9. The molecule has 0 aliphatic carbocycles. The van der Waals surface area contributed by atoms with E-state index in [1.165, 1.54) is 12.3 Å². The largest absolute Gasteiger partial charge is 3.00 e. The number of rotatable bonds is 1. The van der Waals surface area contributed by atoms with Crippen LogP contribution in [0.2, 0.25) is 0 Å². The number of nitrogens with zero attached hydrogens (tertiary/aromatic N) is 4. The van der Waals surface area contributed by atoms with E-state index >= 15 is 0 Å². The fourth-order valence-electron chi connectivity index (χ4n) is 0.489. The van der Waals surface area contributed by atoms with Gasteiger partial charge in [0.05, 0.1) is 15.3 Å². The molecule has 118 valence electrons. The van der Waals surface area contributed by atoms with E-state index in [0.29, 0.717) is 0 Å². The summed E-state index contributed by atoms with van der Waals surface area (Å²) < 4.78 is 0. The normalized spacial score (nSPS) is 6.91. The zero-order valence-electron chi connectivity index (χ0n) is 10.2. The van der Waals surface area contributed by atoms with Crippen LogP contribution >= 0.6 is 0 Å². The third-order valence-corrected chi connectivity index (χ3v) is 0.884. The Bertz CT molecular complexity index is 415. The topological polar surface area (TPSA) is 249 Å². The van der Waals surface area contributed by atoms with Gasteiger partial charge in [-0.15, -0.1) is 0 Å². The molecule has 16 heteroatoms. The first kappa shape index (κ1) is 27.2. The van der Waals surface area contributed by atoms with Crippen molar-refractivity contribution in [2.75, 3.05) is 0 Å². The molecular weight excluding hydrogens is 374 g/mol. The Labute approximate surface area is 132 Å². The van der Waals surface area contributed by atoms with Crippen LogP contribution in [0.5, 0.6) is 0 Å². The summed E-state index contributed by atoms with van der Waals surface area (Å²) in [6.07, 6.45) is 1.45. The maximum Gasteiger partial charge on any atom is 3.00 e. The van der Waals surface area contributed by atoms with Crippen molar-refractivity contribution in [2.45, 2.75) is 0 Å². The molecule has 0 bridgehead atoms. The van der Waals surface area contributed by atoms with E-state index < -0.39 is 21.2 Å². The van der Waals surface area contributed by atoms with Crippen molar-refractivity contribution in [3.05, 3.63) is 76.1 Å². The van der Waals surface area contributed by atoms with Gasteiger partial charge in [0.15, 0.2) is 0 Å². The SMILES string of the molecule is O=C(O)c1ccccn1.O=[N+]([O-])[O-].O=[N+]([O-])[O-].O=[N+]([O-])[O-].[Ga+3]. The monoisotopic (exact) mass is 378 g/mol. The van der Waals surface area contributed by atoms with Crippen molar-refractivity contribution in [3.8, 4) is 0 Å². The van der Waals surface area contributed by atoms with E-state index in [2.05, 4.69) is 4.98 Å². The average Bonchev–Trinajstić information content (AvgIpc) is 2.27. The van der Waals surface area contributed by atoms with Crippen molar-refractivity contribution in [1.29, 1.82) is 0 Å². The first-order valence-electron chi connectivity index (χ1n) is 4.09. The van der Waals surface area contributed by atoms with Crippen molar-refractivity contribution in [1.82, 2.24) is 4.98 Å². The van der Waals surface area contributed by atoms with Gasteiger partial charge in [-0.25, -0.2) is 9.78 Å². The molecule has 0 atom stereocenters. The summed E-state index contributed by atoms with van der Waals surface area (Å²) in [5.74, 6) is -0.990. The molecule has 0 unspecified atom stereocenters. The van der Waals surface area contributed by atoms with Gasteiger partial charge in [-0.3, -0.25) is 0 Å². The molecule has 0 aliphatic heterocycles. The minimum absolute atomic E-state index is 0. The Balaban J connectivity index is -0.000000107. The van der Waals surface area contributed by atoms with Crippen LogP contribution in [-0.2, 0) is 0 Å². The van der Waals surface area contributed by atoms with Crippen LogP contribution < -0.4 is 0 Å². The van der Waals surface area contributed by atoms with Gasteiger partial charge in [-0.1, -0.05) is 6.07 Å². The Morgan fingerprint density at radius 3 is 1.36 bits per heavy atom. The first-order valence-corrected chi connectivity index (χ1v) is 4.09. The summed E-state index contributed by atoms with van der Waals surface area (Å²) >= 11 is 0. The molecule has 15 nitrogen and oxygen atoms in total. The van der Waals surface area contributed by atoms with Crippen molar-refractivity contribution in [2.24, 2.45) is 0 Å². The minimum Gasteiger partial charge on any atom is -0.477 e. The number of aromatic nitrogens is 1. The molecule has 0 fully saturated rings. The van der Waals surface area contributed by atoms with Gasteiger partial charge in [0.2, 0.25) is 0 Å². The second-order valence-corrected chi connectivity index (χ2v) is 2.19. The molecule has 0 saturated heterocycles. The molecule has 1 N–H and O–H groups in total. The van der Waals surface area contributed by atoms with E-state index in [1.807, 2.05) is 0 Å². The Hall–Kier alpha value is -3.14. The van der Waals surface area contributed by atoms with Crippen LogP contribution in [0.25, 0.3) is 0 Å². The van der Waals surface area contributed by atoms with Crippen molar-refractivity contribution < 1.29 is 25.2 Å². The summed E-state index contributed by atoms with van der Waals surface area (Å²) in [4.78, 5) is 38.5. The number of pyridine rings is 1. The molecule has 0 saturated carbocycles. The number of hydrogen-bond acceptors (Lipinski definition) is 11. The molecule has 0 radical (unpaired) electrons. The van der Waals surface area contributed by atoms with E-state index in [9.17, 15) is 4.79 Å². The van der Waals surface area contributed by atoms with Crippen molar-refractivity contribution in [3.63, 3.8) is 0 Å². The average molecular weight is 379 g/mol. The van der Waals surface area contributed by atoms with Gasteiger partial charge < -0.3 is 51.1 Å². The molecule has 0 amide bonds. The minimum atomic E-state index is -1.75. The van der Waals surface area contributed by atoms with Crippen LogP contribution in [0.4, 0.5) is 0 Å². The number of carboxylic acids is 1. The first-order chi connectivity index (χ1) is 9.50. The van der Waals surface area contributed by atoms with E-state index in [1.54, 1.807) is 12.1 Å². The molecule has 0 aromatic carbocycles. The summed E-state index contributed by atoms with van der Waals surface area (Å²) in [6.45, 7) is 0. The number of aromatic carboxylic acids is 1. The maximum absolute atomic E-state index is 10.1. The van der Waals surface area contributed by atoms with Crippen LogP contribution in [0, 0.1) is 46.0 Å². The van der Waals surface area contributed by atoms with E-state index in [4.69, 9.17) is 51.1 Å². The summed E-state index contributed by atoms with van der Waals surface area (Å²) in [7, 11) is 0. The molecular formula is C6H5GaN4O11. The summed E-state index contributed by atoms with van der Waals surface area (Å²) in [6, 6.07) is 4.76. The third-order valence-electron chi connectivity index (χ3n) is 0.884. The Morgan fingerprint density at radius 1 is 0.909 bits per heavy atom. The number of carbonyl (C=O) groups is 1. The predicted molar refractivity (Wildman–Crippen MR) is 68.0 cm³/mol. The molecule has 1 aromatic heterocycles. The fourth-order valence-corrected chi connectivity index (χ4v) is 0.489. The molecule has 1 heterocycles. The maximum atomic E-state index is 10.1. The van der Waals surface area contributed by atoms with E-state index in [0.717, 1.165) is 0 Å². The van der Waals surface area contributed by atoms with Crippen LogP contribution in [-0.4, -0.2) is 51.1 Å². The number of hydrogen-bond donors (Lipinski definition) is 1. The van der Waals surface area contributed by atoms with E-state index in [-0.39, 0.29) is 25.5 Å². The quantitative estimate of drug-likeness (QED) is 0.374. The summed E-state index contributed by atoms with van der Waals surface area (Å²) in [5.41, 5.74) is 0.0810. The molecule has 1 aromatic rings. The van der Waals surface area contributed by atoms with Gasteiger partial charge in [0.1, 0.15) is 5.69 Å². The molecule has 22 heavy (non-hydrogen) atoms. The molecule has 0 spiro atoms. The fraction of sp³-hybridized carbons (Fsp3) is 0.